The average molecular weight is 144 g/mol. The lowest BCUT2D eigenvalue weighted by Crippen LogP contribution is -2.17. The second-order valence-electron chi connectivity index (χ2n) is 3.78. The summed E-state index contributed by atoms with van der Waals surface area (Å²) in [5.41, 5.74) is 0.587. The van der Waals surface area contributed by atoms with Crippen LogP contribution in [0.3, 0.4) is 0 Å². The molecule has 0 aromatic carbocycles. The lowest BCUT2D eigenvalue weighted by molar-refractivity contribution is 0.357. The summed E-state index contributed by atoms with van der Waals surface area (Å²) in [6.07, 6.45) is 1.39. The van der Waals surface area contributed by atoms with Crippen molar-refractivity contribution in [3.8, 4) is 0 Å². The van der Waals surface area contributed by atoms with Gasteiger partial charge in [0.25, 0.3) is 0 Å². The standard InChI is InChI=1S/C8H16S/c1-6-5-8(3,4)7(2)9-6/h6-7H,5H2,1-4H3. The van der Waals surface area contributed by atoms with Crippen LogP contribution >= 0.6 is 11.8 Å². The maximum Gasteiger partial charge on any atom is 0.00729 e. The molecular weight excluding hydrogens is 128 g/mol. The summed E-state index contributed by atoms with van der Waals surface area (Å²) < 4.78 is 0. The van der Waals surface area contributed by atoms with E-state index in [0.717, 1.165) is 10.5 Å². The smallest absolute Gasteiger partial charge is 0.00729 e. The van der Waals surface area contributed by atoms with E-state index >= 15 is 0 Å². The number of thioether (sulfide) groups is 1. The van der Waals surface area contributed by atoms with Crippen molar-refractivity contribution in [3.05, 3.63) is 0 Å². The Morgan fingerprint density at radius 2 is 1.89 bits per heavy atom. The van der Waals surface area contributed by atoms with Crippen LogP contribution < -0.4 is 0 Å². The Balaban J connectivity index is 2.58. The molecule has 1 aliphatic rings. The van der Waals surface area contributed by atoms with Gasteiger partial charge in [-0.3, -0.25) is 0 Å². The predicted molar refractivity (Wildman–Crippen MR) is 44.9 cm³/mol. The van der Waals surface area contributed by atoms with E-state index in [2.05, 4.69) is 39.5 Å². The highest BCUT2D eigenvalue weighted by atomic mass is 32.2. The molecule has 1 saturated heterocycles. The van der Waals surface area contributed by atoms with Crippen LogP contribution in [0.25, 0.3) is 0 Å². The van der Waals surface area contributed by atoms with Gasteiger partial charge < -0.3 is 0 Å². The molecule has 0 saturated carbocycles. The SMILES string of the molecule is CC1CC(C)(C)C(C)S1. The Labute approximate surface area is 62.4 Å². The quantitative estimate of drug-likeness (QED) is 0.503. The molecule has 0 radical (unpaired) electrons. The van der Waals surface area contributed by atoms with E-state index in [1.54, 1.807) is 0 Å². The molecule has 1 aliphatic heterocycles. The normalized spacial score (nSPS) is 41.3. The second-order valence-corrected chi connectivity index (χ2v) is 5.57. The Morgan fingerprint density at radius 1 is 1.33 bits per heavy atom. The first-order valence-corrected chi connectivity index (χ1v) is 4.62. The van der Waals surface area contributed by atoms with Gasteiger partial charge in [0.2, 0.25) is 0 Å². The predicted octanol–water partition coefficient (Wildman–Crippen LogP) is 2.93. The molecule has 0 aromatic heterocycles. The summed E-state index contributed by atoms with van der Waals surface area (Å²) in [5.74, 6) is 0. The lowest BCUT2D eigenvalue weighted by Gasteiger charge is -2.21. The van der Waals surface area contributed by atoms with E-state index in [1.165, 1.54) is 6.42 Å². The van der Waals surface area contributed by atoms with Crippen molar-refractivity contribution in [3.63, 3.8) is 0 Å². The Hall–Kier alpha value is 0.350. The average Bonchev–Trinajstić information content (AvgIpc) is 1.79. The summed E-state index contributed by atoms with van der Waals surface area (Å²) in [7, 11) is 0. The van der Waals surface area contributed by atoms with E-state index < -0.39 is 0 Å². The Kier molecular flexibility index (Phi) is 1.81. The fourth-order valence-electron chi connectivity index (χ4n) is 1.49. The number of rotatable bonds is 0. The molecule has 0 N–H and O–H groups in total. The molecule has 9 heavy (non-hydrogen) atoms. The molecule has 1 heteroatoms. The Morgan fingerprint density at radius 3 is 2.00 bits per heavy atom. The summed E-state index contributed by atoms with van der Waals surface area (Å²) >= 11 is 2.13. The van der Waals surface area contributed by atoms with Gasteiger partial charge in [-0.15, -0.1) is 0 Å². The van der Waals surface area contributed by atoms with Gasteiger partial charge in [-0.1, -0.05) is 27.7 Å². The van der Waals surface area contributed by atoms with Gasteiger partial charge in [0.05, 0.1) is 0 Å². The molecule has 0 aromatic rings. The van der Waals surface area contributed by atoms with Gasteiger partial charge in [0.15, 0.2) is 0 Å². The minimum Gasteiger partial charge on any atom is -0.155 e. The lowest BCUT2D eigenvalue weighted by atomic mass is 9.85. The van der Waals surface area contributed by atoms with Crippen LogP contribution in [-0.2, 0) is 0 Å². The third-order valence-electron chi connectivity index (χ3n) is 2.35. The van der Waals surface area contributed by atoms with E-state index in [9.17, 15) is 0 Å². The third-order valence-corrected chi connectivity index (χ3v) is 4.03. The van der Waals surface area contributed by atoms with E-state index in [0.29, 0.717) is 5.41 Å². The first kappa shape index (κ1) is 7.46. The third kappa shape index (κ3) is 1.43. The molecule has 1 rings (SSSR count). The zero-order valence-electron chi connectivity index (χ0n) is 6.77. The molecule has 54 valence electrons. The molecule has 1 fully saturated rings. The summed E-state index contributed by atoms with van der Waals surface area (Å²) in [5, 5.41) is 1.74. The van der Waals surface area contributed by atoms with Gasteiger partial charge in [-0.2, -0.15) is 11.8 Å². The first-order chi connectivity index (χ1) is 4.02. The van der Waals surface area contributed by atoms with Crippen LogP contribution in [0.5, 0.6) is 0 Å². The Bertz CT molecular complexity index is 107. The van der Waals surface area contributed by atoms with Crippen LogP contribution in [-0.4, -0.2) is 10.5 Å². The maximum absolute atomic E-state index is 2.37. The van der Waals surface area contributed by atoms with Gasteiger partial charge in [0.1, 0.15) is 0 Å². The van der Waals surface area contributed by atoms with Crippen molar-refractivity contribution in [2.75, 3.05) is 0 Å². The van der Waals surface area contributed by atoms with Crippen molar-refractivity contribution in [2.45, 2.75) is 44.6 Å². The van der Waals surface area contributed by atoms with E-state index in [4.69, 9.17) is 0 Å². The topological polar surface area (TPSA) is 0 Å². The summed E-state index contributed by atoms with van der Waals surface area (Å²) in [6, 6.07) is 0. The molecule has 0 aliphatic carbocycles. The van der Waals surface area contributed by atoms with Gasteiger partial charge in [-0.05, 0) is 11.8 Å². The van der Waals surface area contributed by atoms with Crippen molar-refractivity contribution < 1.29 is 0 Å². The molecule has 0 amide bonds. The second kappa shape index (κ2) is 2.19. The summed E-state index contributed by atoms with van der Waals surface area (Å²) in [4.78, 5) is 0. The van der Waals surface area contributed by atoms with Crippen molar-refractivity contribution in [2.24, 2.45) is 5.41 Å². The zero-order valence-corrected chi connectivity index (χ0v) is 7.59. The molecule has 1 heterocycles. The zero-order chi connectivity index (χ0) is 7.07. The van der Waals surface area contributed by atoms with E-state index in [1.807, 2.05) is 0 Å². The largest absolute Gasteiger partial charge is 0.155 e. The molecule has 0 nitrogen and oxygen atoms in total. The van der Waals surface area contributed by atoms with Gasteiger partial charge >= 0.3 is 0 Å². The van der Waals surface area contributed by atoms with Crippen molar-refractivity contribution in [1.29, 1.82) is 0 Å². The van der Waals surface area contributed by atoms with Crippen molar-refractivity contribution in [1.82, 2.24) is 0 Å². The highest BCUT2D eigenvalue weighted by Gasteiger charge is 2.35. The number of hydrogen-bond acceptors (Lipinski definition) is 1. The minimum absolute atomic E-state index is 0.587. The molecule has 0 bridgehead atoms. The van der Waals surface area contributed by atoms with Crippen molar-refractivity contribution >= 4 is 11.8 Å². The van der Waals surface area contributed by atoms with E-state index in [-0.39, 0.29) is 0 Å². The van der Waals surface area contributed by atoms with Crippen LogP contribution in [0, 0.1) is 5.41 Å². The van der Waals surface area contributed by atoms with Gasteiger partial charge in [-0.25, -0.2) is 0 Å². The molecule has 2 atom stereocenters. The molecule has 0 spiro atoms. The first-order valence-electron chi connectivity index (χ1n) is 3.68. The number of hydrogen-bond donors (Lipinski definition) is 0. The fraction of sp³-hybridized carbons (Fsp3) is 1.00. The fourth-order valence-corrected chi connectivity index (χ4v) is 3.17. The van der Waals surface area contributed by atoms with Gasteiger partial charge in [0, 0.05) is 10.5 Å². The monoisotopic (exact) mass is 144 g/mol. The minimum atomic E-state index is 0.587. The highest BCUT2D eigenvalue weighted by Crippen LogP contribution is 2.46. The van der Waals surface area contributed by atoms with Crippen LogP contribution in [0.15, 0.2) is 0 Å². The highest BCUT2D eigenvalue weighted by molar-refractivity contribution is 8.00. The molecular formula is C8H16S. The summed E-state index contributed by atoms with van der Waals surface area (Å²) in [6.45, 7) is 9.41. The maximum atomic E-state index is 2.37. The van der Waals surface area contributed by atoms with Crippen LogP contribution in [0.1, 0.15) is 34.1 Å². The van der Waals surface area contributed by atoms with Crippen LogP contribution in [0.2, 0.25) is 0 Å². The molecule has 2 unspecified atom stereocenters. The van der Waals surface area contributed by atoms with Crippen LogP contribution in [0.4, 0.5) is 0 Å².